The predicted octanol–water partition coefficient (Wildman–Crippen LogP) is 2.52. The molecule has 29 heavy (non-hydrogen) atoms. The number of carbonyl (C=O) groups is 1. The number of hydrogen-bond acceptors (Lipinski definition) is 6. The van der Waals surface area contributed by atoms with E-state index in [2.05, 4.69) is 25.6 Å². The molecule has 1 N–H and O–H groups in total. The van der Waals surface area contributed by atoms with E-state index in [1.165, 1.54) is 16.9 Å². The number of halogens is 1. The minimum atomic E-state index is -0.677. The van der Waals surface area contributed by atoms with Gasteiger partial charge in [0.1, 0.15) is 11.9 Å². The number of aromatic nitrogens is 4. The van der Waals surface area contributed by atoms with Crippen LogP contribution in [0, 0.1) is 5.82 Å². The van der Waals surface area contributed by atoms with Crippen LogP contribution in [0.5, 0.6) is 0 Å². The number of morpholine rings is 1. The molecular weight excluding hydrogens is 375 g/mol. The smallest absolute Gasteiger partial charge is 0.250 e. The molecule has 3 aromatic rings. The molecule has 1 aliphatic rings. The lowest BCUT2D eigenvalue weighted by molar-refractivity contribution is -0.119. The zero-order valence-electron chi connectivity index (χ0n) is 16.0. The largest absolute Gasteiger partial charge is 0.378 e. The van der Waals surface area contributed by atoms with Crippen LogP contribution in [0.25, 0.3) is 11.4 Å². The third kappa shape index (κ3) is 4.40. The van der Waals surface area contributed by atoms with E-state index in [0.717, 1.165) is 32.0 Å². The molecule has 8 nitrogen and oxygen atoms in total. The first-order valence-corrected chi connectivity index (χ1v) is 9.39. The maximum Gasteiger partial charge on any atom is 0.250 e. The lowest BCUT2D eigenvalue weighted by Gasteiger charge is -2.28. The average molecular weight is 396 g/mol. The summed E-state index contributed by atoms with van der Waals surface area (Å²) in [6.45, 7) is 4.83. The summed E-state index contributed by atoms with van der Waals surface area (Å²) in [4.78, 5) is 16.0. The Morgan fingerprint density at radius 3 is 2.66 bits per heavy atom. The highest BCUT2D eigenvalue weighted by Crippen LogP contribution is 2.20. The highest BCUT2D eigenvalue weighted by molar-refractivity contribution is 5.93. The van der Waals surface area contributed by atoms with Gasteiger partial charge in [0.2, 0.25) is 5.82 Å². The summed E-state index contributed by atoms with van der Waals surface area (Å²) < 4.78 is 18.7. The number of rotatable bonds is 5. The van der Waals surface area contributed by atoms with Crippen LogP contribution >= 0.6 is 0 Å². The van der Waals surface area contributed by atoms with E-state index in [1.807, 2.05) is 24.3 Å². The molecule has 0 saturated carbocycles. The summed E-state index contributed by atoms with van der Waals surface area (Å²) in [5, 5.41) is 14.9. The molecule has 9 heteroatoms. The first-order chi connectivity index (χ1) is 14.1. The van der Waals surface area contributed by atoms with Gasteiger partial charge in [0.05, 0.1) is 13.2 Å². The molecule has 0 spiro atoms. The lowest BCUT2D eigenvalue weighted by Crippen LogP contribution is -2.36. The van der Waals surface area contributed by atoms with Crippen molar-refractivity contribution in [2.24, 2.45) is 0 Å². The number of carbonyl (C=O) groups excluding carboxylic acids is 1. The molecule has 2 aromatic carbocycles. The number of tetrazole rings is 1. The van der Waals surface area contributed by atoms with Crippen LogP contribution in [-0.2, 0) is 9.53 Å². The van der Waals surface area contributed by atoms with Gasteiger partial charge in [0, 0.05) is 30.0 Å². The van der Waals surface area contributed by atoms with Gasteiger partial charge < -0.3 is 15.0 Å². The maximum absolute atomic E-state index is 13.4. The van der Waals surface area contributed by atoms with Gasteiger partial charge in [-0.25, -0.2) is 4.39 Å². The Bertz CT molecular complexity index is 985. The van der Waals surface area contributed by atoms with Gasteiger partial charge in [-0.2, -0.15) is 4.80 Å². The van der Waals surface area contributed by atoms with Crippen LogP contribution in [-0.4, -0.2) is 52.4 Å². The molecule has 4 rings (SSSR count). The number of ether oxygens (including phenoxy) is 1. The zero-order valence-corrected chi connectivity index (χ0v) is 16.0. The van der Waals surface area contributed by atoms with E-state index >= 15 is 0 Å². The number of nitrogens with one attached hydrogen (secondary N) is 1. The molecule has 1 atom stereocenters. The van der Waals surface area contributed by atoms with Gasteiger partial charge in [0.25, 0.3) is 5.91 Å². The second kappa shape index (κ2) is 8.36. The Labute approximate surface area is 167 Å². The standard InChI is InChI=1S/C20H21FN6O2/c1-14(27-24-19(23-25-27)15-3-2-4-16(21)13-15)20(28)22-17-5-7-18(8-6-17)26-9-11-29-12-10-26/h2-8,13-14H,9-12H2,1H3,(H,22,28). The molecule has 1 aromatic heterocycles. The summed E-state index contributed by atoms with van der Waals surface area (Å²) in [5.41, 5.74) is 2.28. The van der Waals surface area contributed by atoms with Crippen LogP contribution in [0.15, 0.2) is 48.5 Å². The first kappa shape index (κ1) is 19.0. The van der Waals surface area contributed by atoms with Crippen LogP contribution in [0.4, 0.5) is 15.8 Å². The Morgan fingerprint density at radius 1 is 1.17 bits per heavy atom. The minimum absolute atomic E-state index is 0.263. The average Bonchev–Trinajstić information content (AvgIpc) is 3.25. The van der Waals surface area contributed by atoms with Crippen LogP contribution in [0.2, 0.25) is 0 Å². The lowest BCUT2D eigenvalue weighted by atomic mass is 10.2. The fourth-order valence-electron chi connectivity index (χ4n) is 3.06. The van der Waals surface area contributed by atoms with Gasteiger partial charge in [-0.15, -0.1) is 10.2 Å². The van der Waals surface area contributed by atoms with Crippen molar-refractivity contribution in [2.45, 2.75) is 13.0 Å². The molecule has 1 aliphatic heterocycles. The normalized spacial score (nSPS) is 15.2. The van der Waals surface area contributed by atoms with Gasteiger partial charge in [-0.1, -0.05) is 12.1 Å². The third-order valence-electron chi connectivity index (χ3n) is 4.75. The molecule has 150 valence electrons. The summed E-state index contributed by atoms with van der Waals surface area (Å²) >= 11 is 0. The van der Waals surface area contributed by atoms with Crippen molar-refractivity contribution >= 4 is 17.3 Å². The second-order valence-electron chi connectivity index (χ2n) is 6.76. The molecule has 0 bridgehead atoms. The number of anilines is 2. The predicted molar refractivity (Wildman–Crippen MR) is 106 cm³/mol. The number of hydrogen-bond donors (Lipinski definition) is 1. The van der Waals surface area contributed by atoms with Gasteiger partial charge >= 0.3 is 0 Å². The molecule has 2 heterocycles. The fraction of sp³-hybridized carbons (Fsp3) is 0.300. The Kier molecular flexibility index (Phi) is 5.48. The Balaban J connectivity index is 1.40. The minimum Gasteiger partial charge on any atom is -0.378 e. The SMILES string of the molecule is CC(C(=O)Nc1ccc(N2CCOCC2)cc1)n1nnc(-c2cccc(F)c2)n1. The van der Waals surface area contributed by atoms with Crippen LogP contribution in [0.1, 0.15) is 13.0 Å². The van der Waals surface area contributed by atoms with Crippen molar-refractivity contribution < 1.29 is 13.9 Å². The molecule has 0 aliphatic carbocycles. The van der Waals surface area contributed by atoms with Gasteiger partial charge in [0.15, 0.2) is 0 Å². The maximum atomic E-state index is 13.4. The summed E-state index contributed by atoms with van der Waals surface area (Å²) in [5.74, 6) is -0.392. The van der Waals surface area contributed by atoms with Crippen molar-refractivity contribution in [3.8, 4) is 11.4 Å². The summed E-state index contributed by atoms with van der Waals surface area (Å²) in [6.07, 6.45) is 0. The second-order valence-corrected chi connectivity index (χ2v) is 6.76. The molecule has 1 saturated heterocycles. The van der Waals surface area contributed by atoms with Crippen molar-refractivity contribution in [2.75, 3.05) is 36.5 Å². The molecule has 1 unspecified atom stereocenters. The van der Waals surface area contributed by atoms with Crippen LogP contribution < -0.4 is 10.2 Å². The highest BCUT2D eigenvalue weighted by atomic mass is 19.1. The van der Waals surface area contributed by atoms with E-state index in [9.17, 15) is 9.18 Å². The Hall–Kier alpha value is -3.33. The number of nitrogens with zero attached hydrogens (tertiary/aromatic N) is 5. The van der Waals surface area contributed by atoms with Gasteiger partial charge in [-0.05, 0) is 48.5 Å². The topological polar surface area (TPSA) is 85.2 Å². The fourth-order valence-corrected chi connectivity index (χ4v) is 3.06. The highest BCUT2D eigenvalue weighted by Gasteiger charge is 2.19. The van der Waals surface area contributed by atoms with E-state index in [-0.39, 0.29) is 17.5 Å². The van der Waals surface area contributed by atoms with E-state index in [0.29, 0.717) is 11.3 Å². The van der Waals surface area contributed by atoms with E-state index in [1.54, 1.807) is 19.1 Å². The van der Waals surface area contributed by atoms with E-state index < -0.39 is 6.04 Å². The number of amides is 1. The first-order valence-electron chi connectivity index (χ1n) is 9.39. The molecule has 1 amide bonds. The molecule has 1 fully saturated rings. The zero-order chi connectivity index (χ0) is 20.2. The van der Waals surface area contributed by atoms with Crippen molar-refractivity contribution in [1.82, 2.24) is 20.2 Å². The summed E-state index contributed by atoms with van der Waals surface area (Å²) in [7, 11) is 0. The monoisotopic (exact) mass is 396 g/mol. The number of benzene rings is 2. The van der Waals surface area contributed by atoms with E-state index in [4.69, 9.17) is 4.74 Å². The van der Waals surface area contributed by atoms with Crippen molar-refractivity contribution in [3.63, 3.8) is 0 Å². The molecular formula is C20H21FN6O2. The third-order valence-corrected chi connectivity index (χ3v) is 4.75. The van der Waals surface area contributed by atoms with Crippen LogP contribution in [0.3, 0.4) is 0 Å². The van der Waals surface area contributed by atoms with Gasteiger partial charge in [-0.3, -0.25) is 4.79 Å². The van der Waals surface area contributed by atoms with Crippen molar-refractivity contribution in [3.05, 3.63) is 54.3 Å². The Morgan fingerprint density at radius 2 is 1.93 bits per heavy atom. The van der Waals surface area contributed by atoms with Crippen molar-refractivity contribution in [1.29, 1.82) is 0 Å². The molecule has 0 radical (unpaired) electrons. The summed E-state index contributed by atoms with van der Waals surface area (Å²) in [6, 6.07) is 12.9. The quantitative estimate of drug-likeness (QED) is 0.713.